The Balaban J connectivity index is 2.22. The van der Waals surface area contributed by atoms with Gasteiger partial charge in [-0.05, 0) is 35.3 Å². The van der Waals surface area contributed by atoms with E-state index in [9.17, 15) is 5.11 Å². The molecule has 0 spiro atoms. The molecule has 0 saturated heterocycles. The van der Waals surface area contributed by atoms with Crippen molar-refractivity contribution in [3.05, 3.63) is 35.4 Å². The summed E-state index contributed by atoms with van der Waals surface area (Å²) in [6, 6.07) is 8.43. The van der Waals surface area contributed by atoms with E-state index < -0.39 is 6.10 Å². The Morgan fingerprint density at radius 1 is 1.30 bits per heavy atom. The highest BCUT2D eigenvalue weighted by Crippen LogP contribution is 2.49. The number of hydrogen-bond donors (Lipinski definition) is 2. The highest BCUT2D eigenvalue weighted by Gasteiger charge is 2.42. The van der Waals surface area contributed by atoms with E-state index in [0.717, 1.165) is 18.4 Å². The molecule has 1 saturated carbocycles. The van der Waals surface area contributed by atoms with Gasteiger partial charge >= 0.3 is 0 Å². The first-order valence-electron chi connectivity index (χ1n) is 7.77. The van der Waals surface area contributed by atoms with Gasteiger partial charge in [-0.15, -0.1) is 0 Å². The molecule has 20 heavy (non-hydrogen) atoms. The Kier molecular flexibility index (Phi) is 4.27. The molecule has 0 bridgehead atoms. The van der Waals surface area contributed by atoms with Crippen molar-refractivity contribution < 1.29 is 5.11 Å². The molecule has 1 aliphatic rings. The molecule has 0 amide bonds. The van der Waals surface area contributed by atoms with Crippen molar-refractivity contribution in [3.8, 4) is 0 Å². The van der Waals surface area contributed by atoms with E-state index in [0.29, 0.717) is 12.5 Å². The first-order valence-corrected chi connectivity index (χ1v) is 7.77. The van der Waals surface area contributed by atoms with Crippen LogP contribution in [0.3, 0.4) is 0 Å². The number of hydrogen-bond acceptors (Lipinski definition) is 2. The minimum atomic E-state index is -0.438. The van der Waals surface area contributed by atoms with Crippen LogP contribution in [-0.4, -0.2) is 11.7 Å². The monoisotopic (exact) mass is 275 g/mol. The van der Waals surface area contributed by atoms with Gasteiger partial charge in [0.15, 0.2) is 0 Å². The largest absolute Gasteiger partial charge is 0.388 e. The second kappa shape index (κ2) is 5.50. The second-order valence-electron chi connectivity index (χ2n) is 7.69. The molecule has 1 aromatic rings. The van der Waals surface area contributed by atoms with E-state index in [1.165, 1.54) is 12.0 Å². The molecule has 0 radical (unpaired) electrons. The summed E-state index contributed by atoms with van der Waals surface area (Å²) in [7, 11) is 0. The third-order valence-electron chi connectivity index (χ3n) is 4.97. The molecule has 3 N–H and O–H groups in total. The Morgan fingerprint density at radius 2 is 1.90 bits per heavy atom. The van der Waals surface area contributed by atoms with Crippen LogP contribution in [0.5, 0.6) is 0 Å². The van der Waals surface area contributed by atoms with Gasteiger partial charge in [0.1, 0.15) is 0 Å². The molecule has 2 heteroatoms. The van der Waals surface area contributed by atoms with Gasteiger partial charge in [-0.25, -0.2) is 0 Å². The third-order valence-corrected chi connectivity index (χ3v) is 4.97. The number of benzene rings is 1. The minimum Gasteiger partial charge on any atom is -0.388 e. The predicted molar refractivity (Wildman–Crippen MR) is 84.6 cm³/mol. The summed E-state index contributed by atoms with van der Waals surface area (Å²) >= 11 is 0. The molecule has 3 atom stereocenters. The zero-order valence-corrected chi connectivity index (χ0v) is 13.3. The van der Waals surface area contributed by atoms with Gasteiger partial charge in [0, 0.05) is 12.0 Å². The highest BCUT2D eigenvalue weighted by molar-refractivity contribution is 5.29. The van der Waals surface area contributed by atoms with E-state index in [1.807, 2.05) is 0 Å². The normalized spacial score (nSPS) is 28.6. The lowest BCUT2D eigenvalue weighted by Gasteiger charge is -2.34. The zero-order chi connectivity index (χ0) is 15.0. The average Bonchev–Trinajstić information content (AvgIpc) is 2.80. The Bertz CT molecular complexity index is 445. The van der Waals surface area contributed by atoms with E-state index in [-0.39, 0.29) is 10.8 Å². The molecule has 3 unspecified atom stereocenters. The first-order chi connectivity index (χ1) is 9.28. The van der Waals surface area contributed by atoms with E-state index in [1.54, 1.807) is 0 Å². The second-order valence-corrected chi connectivity index (χ2v) is 7.69. The summed E-state index contributed by atoms with van der Waals surface area (Å²) in [4.78, 5) is 0. The third kappa shape index (κ3) is 2.91. The van der Waals surface area contributed by atoms with Crippen molar-refractivity contribution in [3.63, 3.8) is 0 Å². The molecule has 1 fully saturated rings. The lowest BCUT2D eigenvalue weighted by molar-refractivity contribution is 0.0307. The van der Waals surface area contributed by atoms with Crippen LogP contribution in [0.25, 0.3) is 0 Å². The fourth-order valence-corrected chi connectivity index (χ4v) is 3.50. The molecule has 2 rings (SSSR count). The van der Waals surface area contributed by atoms with Crippen molar-refractivity contribution in [2.75, 3.05) is 6.54 Å². The maximum atomic E-state index is 10.8. The summed E-state index contributed by atoms with van der Waals surface area (Å²) in [5.41, 5.74) is 8.35. The Morgan fingerprint density at radius 3 is 2.30 bits per heavy atom. The molecule has 1 aromatic carbocycles. The lowest BCUT2D eigenvalue weighted by atomic mass is 9.76. The maximum Gasteiger partial charge on any atom is 0.0858 e. The van der Waals surface area contributed by atoms with Gasteiger partial charge in [0.2, 0.25) is 0 Å². The number of nitrogens with two attached hydrogens (primary N) is 1. The SMILES string of the molecule is CC1CCC(CN)(C(O)c2ccc(C(C)(C)C)cc2)C1. The summed E-state index contributed by atoms with van der Waals surface area (Å²) < 4.78 is 0. The van der Waals surface area contributed by atoms with Crippen LogP contribution in [0.15, 0.2) is 24.3 Å². The van der Waals surface area contributed by atoms with Gasteiger partial charge in [0.05, 0.1) is 6.10 Å². The molecule has 112 valence electrons. The van der Waals surface area contributed by atoms with Crippen LogP contribution in [0.2, 0.25) is 0 Å². The average molecular weight is 275 g/mol. The Labute approximate surface area is 123 Å². The minimum absolute atomic E-state index is 0.122. The van der Waals surface area contributed by atoms with Crippen molar-refractivity contribution in [2.45, 2.75) is 58.5 Å². The summed E-state index contributed by atoms with van der Waals surface area (Å²) in [5.74, 6) is 0.669. The molecule has 1 aliphatic carbocycles. The molecular formula is C18H29NO. The van der Waals surface area contributed by atoms with Crippen molar-refractivity contribution >= 4 is 0 Å². The van der Waals surface area contributed by atoms with Crippen LogP contribution in [0, 0.1) is 11.3 Å². The fraction of sp³-hybridized carbons (Fsp3) is 0.667. The fourth-order valence-electron chi connectivity index (χ4n) is 3.50. The molecule has 0 aliphatic heterocycles. The van der Waals surface area contributed by atoms with Crippen LogP contribution in [-0.2, 0) is 5.41 Å². The first kappa shape index (κ1) is 15.5. The quantitative estimate of drug-likeness (QED) is 0.881. The summed E-state index contributed by atoms with van der Waals surface area (Å²) in [5, 5.41) is 10.8. The molecule has 2 nitrogen and oxygen atoms in total. The molecular weight excluding hydrogens is 246 g/mol. The molecule has 0 heterocycles. The topological polar surface area (TPSA) is 46.2 Å². The number of rotatable bonds is 3. The van der Waals surface area contributed by atoms with Crippen LogP contribution >= 0.6 is 0 Å². The standard InChI is InChI=1S/C18H29NO/c1-13-9-10-18(11-13,12-19)16(20)14-5-7-15(8-6-14)17(2,3)4/h5-8,13,16,20H,9-12,19H2,1-4H3. The van der Waals surface area contributed by atoms with Crippen LogP contribution < -0.4 is 5.73 Å². The van der Waals surface area contributed by atoms with Crippen molar-refractivity contribution in [2.24, 2.45) is 17.1 Å². The highest BCUT2D eigenvalue weighted by atomic mass is 16.3. The van der Waals surface area contributed by atoms with Gasteiger partial charge in [-0.3, -0.25) is 0 Å². The maximum absolute atomic E-state index is 10.8. The Hall–Kier alpha value is -0.860. The van der Waals surface area contributed by atoms with E-state index >= 15 is 0 Å². The van der Waals surface area contributed by atoms with Crippen LogP contribution in [0.4, 0.5) is 0 Å². The van der Waals surface area contributed by atoms with Gasteiger partial charge in [-0.2, -0.15) is 0 Å². The zero-order valence-electron chi connectivity index (χ0n) is 13.3. The smallest absolute Gasteiger partial charge is 0.0858 e. The number of aliphatic hydroxyl groups excluding tert-OH is 1. The predicted octanol–water partition coefficient (Wildman–Crippen LogP) is 3.78. The molecule has 0 aromatic heterocycles. The van der Waals surface area contributed by atoms with Crippen molar-refractivity contribution in [1.82, 2.24) is 0 Å². The van der Waals surface area contributed by atoms with Crippen molar-refractivity contribution in [1.29, 1.82) is 0 Å². The van der Waals surface area contributed by atoms with Gasteiger partial charge < -0.3 is 10.8 Å². The van der Waals surface area contributed by atoms with Gasteiger partial charge in [-0.1, -0.05) is 58.4 Å². The van der Waals surface area contributed by atoms with E-state index in [2.05, 4.69) is 52.0 Å². The van der Waals surface area contributed by atoms with Crippen LogP contribution in [0.1, 0.15) is 64.2 Å². The summed E-state index contributed by atoms with van der Waals surface area (Å²) in [6.07, 6.45) is 2.80. The van der Waals surface area contributed by atoms with E-state index in [4.69, 9.17) is 5.73 Å². The number of aliphatic hydroxyl groups is 1. The lowest BCUT2D eigenvalue weighted by Crippen LogP contribution is -2.34. The summed E-state index contributed by atoms with van der Waals surface area (Å²) in [6.45, 7) is 9.45. The van der Waals surface area contributed by atoms with Gasteiger partial charge in [0.25, 0.3) is 0 Å².